The van der Waals surface area contributed by atoms with Crippen LogP contribution in [0.4, 0.5) is 0 Å². The van der Waals surface area contributed by atoms with Gasteiger partial charge in [-0.05, 0) is 29.3 Å². The molecule has 1 aliphatic rings. The molecule has 3 aromatic carbocycles. The van der Waals surface area contributed by atoms with Crippen molar-refractivity contribution in [3.8, 4) is 28.4 Å². The van der Waals surface area contributed by atoms with Crippen LogP contribution in [0.1, 0.15) is 11.3 Å². The van der Waals surface area contributed by atoms with Gasteiger partial charge in [0.2, 0.25) is 0 Å². The van der Waals surface area contributed by atoms with Gasteiger partial charge in [-0.3, -0.25) is 4.90 Å². The third-order valence-electron chi connectivity index (χ3n) is 6.13. The minimum absolute atomic E-state index is 0.457. The van der Waals surface area contributed by atoms with E-state index in [9.17, 15) is 0 Å². The third kappa shape index (κ3) is 4.74. The first kappa shape index (κ1) is 22.3. The highest BCUT2D eigenvalue weighted by Crippen LogP contribution is 2.42. The molecule has 1 fully saturated rings. The first-order chi connectivity index (χ1) is 16.7. The normalized spacial score (nSPS) is 14.3. The van der Waals surface area contributed by atoms with Gasteiger partial charge in [0.1, 0.15) is 23.7 Å². The molecule has 0 radical (unpaired) electrons. The molecule has 0 saturated carbocycles. The zero-order valence-electron chi connectivity index (χ0n) is 19.6. The van der Waals surface area contributed by atoms with Crippen LogP contribution in [0.3, 0.4) is 0 Å². The molecule has 0 unspecified atom stereocenters. The summed E-state index contributed by atoms with van der Waals surface area (Å²) in [7, 11) is 3.33. The number of hydrogen-bond donors (Lipinski definition) is 0. The summed E-state index contributed by atoms with van der Waals surface area (Å²) in [6.07, 6.45) is 0. The van der Waals surface area contributed by atoms with Crippen LogP contribution >= 0.6 is 0 Å². The van der Waals surface area contributed by atoms with Gasteiger partial charge in [0.05, 0.1) is 34.0 Å². The maximum atomic E-state index is 6.42. The van der Waals surface area contributed by atoms with E-state index in [4.69, 9.17) is 23.4 Å². The fourth-order valence-electron chi connectivity index (χ4n) is 4.31. The van der Waals surface area contributed by atoms with E-state index < -0.39 is 0 Å². The van der Waals surface area contributed by atoms with E-state index in [2.05, 4.69) is 17.0 Å². The largest absolute Gasteiger partial charge is 0.497 e. The molecule has 0 atom stereocenters. The summed E-state index contributed by atoms with van der Waals surface area (Å²) in [4.78, 5) is 2.36. The predicted octanol–water partition coefficient (Wildman–Crippen LogP) is 5.53. The van der Waals surface area contributed by atoms with Crippen molar-refractivity contribution in [2.75, 3.05) is 40.5 Å². The molecule has 6 heteroatoms. The first-order valence-corrected chi connectivity index (χ1v) is 11.5. The second-order valence-corrected chi connectivity index (χ2v) is 8.29. The minimum Gasteiger partial charge on any atom is -0.497 e. The molecule has 176 valence electrons. The Bertz CT molecular complexity index is 1230. The second kappa shape index (κ2) is 10.2. The number of fused-ring (bicyclic) bond motifs is 1. The number of nitrogens with zero attached hydrogens (tertiary/aromatic N) is 1. The molecule has 0 bridgehead atoms. The molecular formula is C28H29NO5. The maximum absolute atomic E-state index is 6.42. The molecule has 1 aromatic heterocycles. The molecule has 1 saturated heterocycles. The molecule has 0 N–H and O–H groups in total. The van der Waals surface area contributed by atoms with Crippen LogP contribution in [0.25, 0.3) is 22.1 Å². The monoisotopic (exact) mass is 459 g/mol. The van der Waals surface area contributed by atoms with Gasteiger partial charge in [0.15, 0.2) is 11.5 Å². The highest BCUT2D eigenvalue weighted by Gasteiger charge is 2.22. The Hall–Kier alpha value is -3.48. The molecule has 1 aliphatic heterocycles. The lowest BCUT2D eigenvalue weighted by Gasteiger charge is -2.26. The van der Waals surface area contributed by atoms with E-state index >= 15 is 0 Å². The van der Waals surface area contributed by atoms with Crippen molar-refractivity contribution >= 4 is 11.0 Å². The van der Waals surface area contributed by atoms with Crippen LogP contribution in [-0.2, 0) is 17.9 Å². The summed E-state index contributed by atoms with van der Waals surface area (Å²) < 4.78 is 29.2. The highest BCUT2D eigenvalue weighted by molar-refractivity contribution is 5.97. The number of ether oxygens (including phenoxy) is 4. The van der Waals surface area contributed by atoms with E-state index in [1.165, 1.54) is 0 Å². The van der Waals surface area contributed by atoms with Crippen LogP contribution in [0.5, 0.6) is 17.2 Å². The highest BCUT2D eigenvalue weighted by atomic mass is 16.5. The van der Waals surface area contributed by atoms with E-state index in [-0.39, 0.29) is 0 Å². The fourth-order valence-corrected chi connectivity index (χ4v) is 4.31. The van der Waals surface area contributed by atoms with Crippen molar-refractivity contribution in [3.05, 3.63) is 78.1 Å². The Labute approximate surface area is 199 Å². The summed E-state index contributed by atoms with van der Waals surface area (Å²) >= 11 is 0. The summed E-state index contributed by atoms with van der Waals surface area (Å²) in [6.45, 7) is 4.41. The number of furan rings is 1. The number of methoxy groups -OCH3 is 2. The van der Waals surface area contributed by atoms with Crippen LogP contribution in [0.2, 0.25) is 0 Å². The van der Waals surface area contributed by atoms with Gasteiger partial charge >= 0.3 is 0 Å². The van der Waals surface area contributed by atoms with Gasteiger partial charge < -0.3 is 23.4 Å². The van der Waals surface area contributed by atoms with Crippen molar-refractivity contribution in [1.82, 2.24) is 4.90 Å². The molecule has 0 aliphatic carbocycles. The molecule has 4 aromatic rings. The SMILES string of the molecule is COc1ccc(-c2c(CN3CCOCC3)oc3cc(OC)c(OCc4ccccc4)cc23)cc1. The van der Waals surface area contributed by atoms with E-state index in [1.54, 1.807) is 14.2 Å². The lowest BCUT2D eigenvalue weighted by atomic mass is 10.0. The zero-order valence-corrected chi connectivity index (χ0v) is 19.6. The summed E-state index contributed by atoms with van der Waals surface area (Å²) in [5.74, 6) is 3.08. The summed E-state index contributed by atoms with van der Waals surface area (Å²) in [5, 5.41) is 0.997. The smallest absolute Gasteiger partial charge is 0.164 e. The van der Waals surface area contributed by atoms with Gasteiger partial charge in [-0.2, -0.15) is 0 Å². The number of rotatable bonds is 8. The van der Waals surface area contributed by atoms with Gasteiger partial charge in [0.25, 0.3) is 0 Å². The average Bonchev–Trinajstić information content (AvgIpc) is 3.24. The quantitative estimate of drug-likeness (QED) is 0.345. The Balaban J connectivity index is 1.56. The van der Waals surface area contributed by atoms with Gasteiger partial charge in [-0.15, -0.1) is 0 Å². The lowest BCUT2D eigenvalue weighted by molar-refractivity contribution is 0.0316. The number of hydrogen-bond acceptors (Lipinski definition) is 6. The minimum atomic E-state index is 0.457. The molecule has 34 heavy (non-hydrogen) atoms. The van der Waals surface area contributed by atoms with Crippen molar-refractivity contribution < 1.29 is 23.4 Å². The summed E-state index contributed by atoms with van der Waals surface area (Å²) in [6, 6.07) is 22.2. The van der Waals surface area contributed by atoms with Gasteiger partial charge in [-0.1, -0.05) is 42.5 Å². The van der Waals surface area contributed by atoms with Crippen molar-refractivity contribution in [2.24, 2.45) is 0 Å². The predicted molar refractivity (Wildman–Crippen MR) is 132 cm³/mol. The number of benzene rings is 3. The molecule has 0 spiro atoms. The molecule has 0 amide bonds. The number of morpholine rings is 1. The Kier molecular flexibility index (Phi) is 6.70. The van der Waals surface area contributed by atoms with Crippen LogP contribution in [0, 0.1) is 0 Å². The standard InChI is InChI=1S/C28H29NO5/c1-30-22-10-8-21(9-11-22)28-23-16-26(33-19-20-6-4-3-5-7-20)25(31-2)17-24(23)34-27(28)18-29-12-14-32-15-13-29/h3-11,16-17H,12-15,18-19H2,1-2H3. The van der Waals surface area contributed by atoms with Crippen LogP contribution in [0.15, 0.2) is 71.1 Å². The second-order valence-electron chi connectivity index (χ2n) is 8.29. The summed E-state index contributed by atoms with van der Waals surface area (Å²) in [5.41, 5.74) is 4.01. The molecule has 6 nitrogen and oxygen atoms in total. The van der Waals surface area contributed by atoms with Crippen molar-refractivity contribution in [1.29, 1.82) is 0 Å². The molecule has 2 heterocycles. The molecular weight excluding hydrogens is 430 g/mol. The Morgan fingerprint density at radius 3 is 2.32 bits per heavy atom. The lowest BCUT2D eigenvalue weighted by Crippen LogP contribution is -2.35. The third-order valence-corrected chi connectivity index (χ3v) is 6.13. The van der Waals surface area contributed by atoms with E-state index in [0.29, 0.717) is 24.7 Å². The van der Waals surface area contributed by atoms with Crippen molar-refractivity contribution in [2.45, 2.75) is 13.2 Å². The van der Waals surface area contributed by atoms with E-state index in [1.807, 2.05) is 54.6 Å². The van der Waals surface area contributed by atoms with Gasteiger partial charge in [0, 0.05) is 30.1 Å². The average molecular weight is 460 g/mol. The van der Waals surface area contributed by atoms with Crippen LogP contribution < -0.4 is 14.2 Å². The molecule has 5 rings (SSSR count). The first-order valence-electron chi connectivity index (χ1n) is 11.5. The van der Waals surface area contributed by atoms with Crippen molar-refractivity contribution in [3.63, 3.8) is 0 Å². The Morgan fingerprint density at radius 1 is 0.853 bits per heavy atom. The van der Waals surface area contributed by atoms with Gasteiger partial charge in [-0.25, -0.2) is 0 Å². The maximum Gasteiger partial charge on any atom is 0.164 e. The fraction of sp³-hybridized carbons (Fsp3) is 0.286. The van der Waals surface area contributed by atoms with Crippen LogP contribution in [-0.4, -0.2) is 45.4 Å². The van der Waals surface area contributed by atoms with E-state index in [0.717, 1.165) is 65.5 Å². The topological polar surface area (TPSA) is 53.3 Å². The zero-order chi connectivity index (χ0) is 23.3. The Morgan fingerprint density at radius 2 is 1.62 bits per heavy atom.